The number of aliphatic hydroxyl groups excluding tert-OH is 2. The molecule has 2 unspecified atom stereocenters. The van der Waals surface area contributed by atoms with Gasteiger partial charge in [-0.3, -0.25) is 0 Å². The van der Waals surface area contributed by atoms with Gasteiger partial charge in [-0.15, -0.1) is 0 Å². The van der Waals surface area contributed by atoms with E-state index >= 15 is 0 Å². The maximum atomic E-state index is 9.44. The third-order valence-electron chi connectivity index (χ3n) is 4.21. The number of rotatable bonds is 6. The Balaban J connectivity index is 2.61. The van der Waals surface area contributed by atoms with Crippen molar-refractivity contribution < 1.29 is 10.2 Å². The van der Waals surface area contributed by atoms with Crippen LogP contribution in [0.5, 0.6) is 0 Å². The van der Waals surface area contributed by atoms with Gasteiger partial charge in [0.05, 0.1) is 18.8 Å². The molecule has 1 aliphatic carbocycles. The van der Waals surface area contributed by atoms with Crippen LogP contribution in [0.3, 0.4) is 0 Å². The lowest BCUT2D eigenvalue weighted by atomic mass is 9.81. The molecule has 0 heterocycles. The average molecular weight is 229 g/mol. The fourth-order valence-electron chi connectivity index (χ4n) is 2.75. The Hall–Kier alpha value is -0.120. The molecule has 3 nitrogen and oxygen atoms in total. The summed E-state index contributed by atoms with van der Waals surface area (Å²) in [4.78, 5) is 0. The Labute approximate surface area is 99.3 Å². The number of nitrogens with one attached hydrogen (secondary N) is 1. The van der Waals surface area contributed by atoms with Gasteiger partial charge in [-0.1, -0.05) is 33.1 Å². The van der Waals surface area contributed by atoms with Crippen LogP contribution >= 0.6 is 0 Å². The van der Waals surface area contributed by atoms with E-state index in [2.05, 4.69) is 12.2 Å². The molecule has 2 atom stereocenters. The first-order chi connectivity index (χ1) is 7.71. The number of hydrogen-bond acceptors (Lipinski definition) is 3. The van der Waals surface area contributed by atoms with Crippen LogP contribution < -0.4 is 5.32 Å². The molecule has 0 aromatic rings. The molecule has 0 aromatic carbocycles. The smallest absolute Gasteiger partial charge is 0.0647 e. The van der Waals surface area contributed by atoms with Crippen molar-refractivity contribution in [1.29, 1.82) is 0 Å². The van der Waals surface area contributed by atoms with Crippen LogP contribution in [0.2, 0.25) is 0 Å². The van der Waals surface area contributed by atoms with Gasteiger partial charge in [0.15, 0.2) is 0 Å². The van der Waals surface area contributed by atoms with Gasteiger partial charge in [-0.05, 0) is 25.2 Å². The van der Waals surface area contributed by atoms with Gasteiger partial charge >= 0.3 is 0 Å². The van der Waals surface area contributed by atoms with Crippen molar-refractivity contribution in [3.05, 3.63) is 0 Å². The zero-order valence-corrected chi connectivity index (χ0v) is 10.7. The summed E-state index contributed by atoms with van der Waals surface area (Å²) in [6.45, 7) is 4.29. The lowest BCUT2D eigenvalue weighted by molar-refractivity contribution is 0.0614. The normalized spacial score (nSPS) is 27.0. The number of aliphatic hydroxyl groups is 2. The lowest BCUT2D eigenvalue weighted by Crippen LogP contribution is -2.57. The van der Waals surface area contributed by atoms with Crippen molar-refractivity contribution in [3.8, 4) is 0 Å². The molecule has 3 heteroatoms. The summed E-state index contributed by atoms with van der Waals surface area (Å²) < 4.78 is 0. The van der Waals surface area contributed by atoms with E-state index in [0.29, 0.717) is 12.0 Å². The quantitative estimate of drug-likeness (QED) is 0.649. The van der Waals surface area contributed by atoms with Crippen LogP contribution in [0.4, 0.5) is 0 Å². The molecule has 0 aliphatic heterocycles. The maximum Gasteiger partial charge on any atom is 0.0647 e. The van der Waals surface area contributed by atoms with Crippen LogP contribution in [-0.2, 0) is 0 Å². The minimum absolute atomic E-state index is 0.0208. The predicted octanol–water partition coefficient (Wildman–Crippen LogP) is 1.68. The average Bonchev–Trinajstić information content (AvgIpc) is 2.36. The standard InChI is InChI=1S/C13H27NO2/c1-3-11-7-5-6-8-12(11)14-13(4-2,9-15)10-16/h11-12,14-16H,3-10H2,1-2H3. The second kappa shape index (κ2) is 6.58. The summed E-state index contributed by atoms with van der Waals surface area (Å²) in [6, 6.07) is 0.470. The van der Waals surface area contributed by atoms with Gasteiger partial charge in [-0.25, -0.2) is 0 Å². The molecule has 0 saturated heterocycles. The van der Waals surface area contributed by atoms with Crippen molar-refractivity contribution >= 4 is 0 Å². The van der Waals surface area contributed by atoms with Gasteiger partial charge in [0.2, 0.25) is 0 Å². The van der Waals surface area contributed by atoms with Crippen molar-refractivity contribution in [3.63, 3.8) is 0 Å². The van der Waals surface area contributed by atoms with Crippen LogP contribution in [0.1, 0.15) is 52.4 Å². The number of hydrogen-bond donors (Lipinski definition) is 3. The van der Waals surface area contributed by atoms with Gasteiger partial charge in [0.25, 0.3) is 0 Å². The predicted molar refractivity (Wildman–Crippen MR) is 66.4 cm³/mol. The molecule has 0 spiro atoms. The molecule has 0 bridgehead atoms. The van der Waals surface area contributed by atoms with Crippen molar-refractivity contribution in [2.24, 2.45) is 5.92 Å². The first-order valence-electron chi connectivity index (χ1n) is 6.70. The van der Waals surface area contributed by atoms with E-state index in [4.69, 9.17) is 0 Å². The van der Waals surface area contributed by atoms with E-state index in [0.717, 1.165) is 6.42 Å². The molecule has 16 heavy (non-hydrogen) atoms. The largest absolute Gasteiger partial charge is 0.394 e. The van der Waals surface area contributed by atoms with Gasteiger partial charge < -0.3 is 15.5 Å². The molecule has 0 radical (unpaired) electrons. The Kier molecular flexibility index (Phi) is 5.73. The minimum Gasteiger partial charge on any atom is -0.394 e. The third kappa shape index (κ3) is 3.19. The van der Waals surface area contributed by atoms with Crippen LogP contribution in [0, 0.1) is 5.92 Å². The van der Waals surface area contributed by atoms with Crippen LogP contribution in [0.25, 0.3) is 0 Å². The summed E-state index contributed by atoms with van der Waals surface area (Å²) in [7, 11) is 0. The highest BCUT2D eigenvalue weighted by molar-refractivity contribution is 4.92. The summed E-state index contributed by atoms with van der Waals surface area (Å²) in [5.41, 5.74) is -0.477. The Bertz CT molecular complexity index is 184. The van der Waals surface area contributed by atoms with Crippen molar-refractivity contribution in [2.75, 3.05) is 13.2 Å². The molecular formula is C13H27NO2. The topological polar surface area (TPSA) is 52.5 Å². The van der Waals surface area contributed by atoms with Gasteiger partial charge in [0, 0.05) is 6.04 Å². The first kappa shape index (κ1) is 13.9. The fourth-order valence-corrected chi connectivity index (χ4v) is 2.75. The summed E-state index contributed by atoms with van der Waals surface area (Å²) >= 11 is 0. The highest BCUT2D eigenvalue weighted by Gasteiger charge is 2.33. The molecule has 1 saturated carbocycles. The zero-order chi connectivity index (χ0) is 12.0. The minimum atomic E-state index is -0.477. The maximum absolute atomic E-state index is 9.44. The fraction of sp³-hybridized carbons (Fsp3) is 1.00. The molecule has 96 valence electrons. The Morgan fingerprint density at radius 2 is 1.75 bits per heavy atom. The molecule has 1 fully saturated rings. The van der Waals surface area contributed by atoms with E-state index in [-0.39, 0.29) is 13.2 Å². The molecule has 1 aliphatic rings. The third-order valence-corrected chi connectivity index (χ3v) is 4.21. The second-order valence-electron chi connectivity index (χ2n) is 5.15. The Morgan fingerprint density at radius 1 is 1.12 bits per heavy atom. The van der Waals surface area contributed by atoms with Gasteiger partial charge in [-0.2, -0.15) is 0 Å². The van der Waals surface area contributed by atoms with Crippen LogP contribution in [0.15, 0.2) is 0 Å². The van der Waals surface area contributed by atoms with Gasteiger partial charge in [0.1, 0.15) is 0 Å². The summed E-state index contributed by atoms with van der Waals surface area (Å²) in [5, 5.41) is 22.4. The monoisotopic (exact) mass is 229 g/mol. The van der Waals surface area contributed by atoms with E-state index in [1.165, 1.54) is 32.1 Å². The molecule has 0 amide bonds. The molecular weight excluding hydrogens is 202 g/mol. The van der Waals surface area contributed by atoms with E-state index in [1.807, 2.05) is 6.92 Å². The first-order valence-corrected chi connectivity index (χ1v) is 6.70. The lowest BCUT2D eigenvalue weighted by Gasteiger charge is -2.40. The highest BCUT2D eigenvalue weighted by Crippen LogP contribution is 2.28. The van der Waals surface area contributed by atoms with Crippen molar-refractivity contribution in [2.45, 2.75) is 64.0 Å². The van der Waals surface area contributed by atoms with E-state index < -0.39 is 5.54 Å². The Morgan fingerprint density at radius 3 is 2.25 bits per heavy atom. The van der Waals surface area contributed by atoms with E-state index in [1.54, 1.807) is 0 Å². The molecule has 1 rings (SSSR count). The summed E-state index contributed by atoms with van der Waals surface area (Å²) in [6.07, 6.45) is 7.02. The highest BCUT2D eigenvalue weighted by atomic mass is 16.3. The molecule has 0 aromatic heterocycles. The second-order valence-corrected chi connectivity index (χ2v) is 5.15. The van der Waals surface area contributed by atoms with E-state index in [9.17, 15) is 10.2 Å². The SMILES string of the molecule is CCC1CCCCC1NC(CC)(CO)CO. The summed E-state index contributed by atoms with van der Waals surface area (Å²) in [5.74, 6) is 0.706. The molecule has 3 N–H and O–H groups in total. The zero-order valence-electron chi connectivity index (χ0n) is 10.7. The van der Waals surface area contributed by atoms with Crippen molar-refractivity contribution in [1.82, 2.24) is 5.32 Å². The van der Waals surface area contributed by atoms with Crippen LogP contribution in [-0.4, -0.2) is 35.0 Å².